The maximum Gasteiger partial charge on any atom is 0.0355 e. The van der Waals surface area contributed by atoms with E-state index in [1.54, 1.807) is 11.3 Å². The molecule has 0 unspecified atom stereocenters. The first-order chi connectivity index (χ1) is 9.90. The third-order valence-corrected chi connectivity index (χ3v) is 5.37. The Morgan fingerprint density at radius 3 is 2.55 bits per heavy atom. The molecule has 0 bridgehead atoms. The molecule has 2 heteroatoms. The molecule has 2 aromatic carbocycles. The van der Waals surface area contributed by atoms with Crippen LogP contribution >= 0.6 is 22.7 Å². The van der Waals surface area contributed by atoms with Crippen molar-refractivity contribution < 1.29 is 0 Å². The Morgan fingerprint density at radius 2 is 1.65 bits per heavy atom. The molecule has 0 aliphatic carbocycles. The summed E-state index contributed by atoms with van der Waals surface area (Å²) in [6, 6.07) is 19.6. The molecule has 2 heterocycles. The summed E-state index contributed by atoms with van der Waals surface area (Å²) in [6.45, 7) is 0. The number of hydrogen-bond acceptors (Lipinski definition) is 2. The minimum Gasteiger partial charge on any atom is -0.144 e. The number of fused-ring (bicyclic) bond motifs is 3. The summed E-state index contributed by atoms with van der Waals surface area (Å²) >= 11 is 3.63. The van der Waals surface area contributed by atoms with E-state index < -0.39 is 0 Å². The lowest BCUT2D eigenvalue weighted by Crippen LogP contribution is -1.71. The fourth-order valence-corrected chi connectivity index (χ4v) is 4.12. The average Bonchev–Trinajstić information content (AvgIpc) is 3.12. The standard InChI is InChI=1S/C18H12S2/c1-2-6-17-15(5-1)16-12-13(8-10-18(16)20-17)7-9-14-4-3-11-19-14/h1-12H/b9-7+. The van der Waals surface area contributed by atoms with Gasteiger partial charge in [0, 0.05) is 25.0 Å². The summed E-state index contributed by atoms with van der Waals surface area (Å²) in [4.78, 5) is 1.29. The van der Waals surface area contributed by atoms with Crippen LogP contribution in [-0.2, 0) is 0 Å². The Bertz CT molecular complexity index is 896. The van der Waals surface area contributed by atoms with Gasteiger partial charge in [0.1, 0.15) is 0 Å². The van der Waals surface area contributed by atoms with Crippen LogP contribution in [0.4, 0.5) is 0 Å². The second kappa shape index (κ2) is 4.89. The van der Waals surface area contributed by atoms with Crippen LogP contribution in [-0.4, -0.2) is 0 Å². The topological polar surface area (TPSA) is 0 Å². The van der Waals surface area contributed by atoms with Gasteiger partial charge in [-0.3, -0.25) is 0 Å². The van der Waals surface area contributed by atoms with Gasteiger partial charge in [0.15, 0.2) is 0 Å². The SMILES string of the molecule is C(=C\c1cccs1)/c1ccc2sc3ccccc3c2c1. The molecule has 96 valence electrons. The van der Waals surface area contributed by atoms with E-state index in [1.165, 1.54) is 30.6 Å². The highest BCUT2D eigenvalue weighted by Crippen LogP contribution is 2.34. The van der Waals surface area contributed by atoms with Crippen molar-refractivity contribution in [2.75, 3.05) is 0 Å². The Hall–Kier alpha value is -1.90. The maximum absolute atomic E-state index is 2.29. The number of thiophene rings is 2. The highest BCUT2D eigenvalue weighted by molar-refractivity contribution is 7.25. The fraction of sp³-hybridized carbons (Fsp3) is 0. The van der Waals surface area contributed by atoms with Gasteiger partial charge in [-0.1, -0.05) is 36.4 Å². The van der Waals surface area contributed by atoms with E-state index in [1.807, 2.05) is 11.3 Å². The molecule has 0 spiro atoms. The van der Waals surface area contributed by atoms with E-state index >= 15 is 0 Å². The minimum atomic E-state index is 1.26. The Balaban J connectivity index is 1.83. The molecule has 20 heavy (non-hydrogen) atoms. The van der Waals surface area contributed by atoms with Gasteiger partial charge in [-0.25, -0.2) is 0 Å². The molecule has 4 rings (SSSR count). The molecule has 0 saturated carbocycles. The molecule has 0 fully saturated rings. The minimum absolute atomic E-state index is 1.26. The van der Waals surface area contributed by atoms with Gasteiger partial charge in [-0.05, 0) is 41.3 Å². The lowest BCUT2D eigenvalue weighted by molar-refractivity contribution is 1.77. The molecule has 0 atom stereocenters. The Kier molecular flexibility index (Phi) is 2.91. The van der Waals surface area contributed by atoms with E-state index in [4.69, 9.17) is 0 Å². The van der Waals surface area contributed by atoms with Crippen molar-refractivity contribution in [3.05, 3.63) is 70.4 Å². The van der Waals surface area contributed by atoms with Crippen LogP contribution < -0.4 is 0 Å². The first kappa shape index (κ1) is 11.9. The number of rotatable bonds is 2. The highest BCUT2D eigenvalue weighted by atomic mass is 32.1. The molecule has 0 aliphatic heterocycles. The third kappa shape index (κ3) is 2.07. The van der Waals surface area contributed by atoms with Gasteiger partial charge in [0.05, 0.1) is 0 Å². The van der Waals surface area contributed by atoms with E-state index in [0.717, 1.165) is 0 Å². The van der Waals surface area contributed by atoms with Crippen molar-refractivity contribution in [2.24, 2.45) is 0 Å². The molecule has 0 nitrogen and oxygen atoms in total. The van der Waals surface area contributed by atoms with Crippen molar-refractivity contribution in [1.82, 2.24) is 0 Å². The van der Waals surface area contributed by atoms with Crippen LogP contribution in [0.1, 0.15) is 10.4 Å². The van der Waals surface area contributed by atoms with Crippen molar-refractivity contribution in [1.29, 1.82) is 0 Å². The van der Waals surface area contributed by atoms with Gasteiger partial charge in [-0.2, -0.15) is 0 Å². The smallest absolute Gasteiger partial charge is 0.0355 e. The first-order valence-electron chi connectivity index (χ1n) is 6.53. The van der Waals surface area contributed by atoms with Crippen LogP contribution in [0.25, 0.3) is 32.3 Å². The Labute approximate surface area is 125 Å². The zero-order valence-corrected chi connectivity index (χ0v) is 12.4. The van der Waals surface area contributed by atoms with E-state index in [2.05, 4.69) is 72.1 Å². The molecular formula is C18H12S2. The van der Waals surface area contributed by atoms with E-state index in [-0.39, 0.29) is 0 Å². The largest absolute Gasteiger partial charge is 0.144 e. The molecule has 0 N–H and O–H groups in total. The number of hydrogen-bond donors (Lipinski definition) is 0. The van der Waals surface area contributed by atoms with Gasteiger partial charge < -0.3 is 0 Å². The number of benzene rings is 2. The summed E-state index contributed by atoms with van der Waals surface area (Å²) < 4.78 is 2.72. The second-order valence-corrected chi connectivity index (χ2v) is 6.77. The lowest BCUT2D eigenvalue weighted by Gasteiger charge is -1.95. The summed E-state index contributed by atoms with van der Waals surface area (Å²) in [5.41, 5.74) is 1.26. The van der Waals surface area contributed by atoms with Crippen molar-refractivity contribution >= 4 is 55.0 Å². The summed E-state index contributed by atoms with van der Waals surface area (Å²) in [6.07, 6.45) is 4.37. The normalized spacial score (nSPS) is 11.8. The van der Waals surface area contributed by atoms with Gasteiger partial charge >= 0.3 is 0 Å². The highest BCUT2D eigenvalue weighted by Gasteiger charge is 2.04. The fourth-order valence-electron chi connectivity index (χ4n) is 2.41. The van der Waals surface area contributed by atoms with Crippen molar-refractivity contribution in [2.45, 2.75) is 0 Å². The van der Waals surface area contributed by atoms with Crippen LogP contribution in [0, 0.1) is 0 Å². The molecule has 2 aromatic heterocycles. The molecule has 0 amide bonds. The molecular weight excluding hydrogens is 280 g/mol. The Morgan fingerprint density at radius 1 is 0.750 bits per heavy atom. The van der Waals surface area contributed by atoms with Gasteiger partial charge in [-0.15, -0.1) is 22.7 Å². The maximum atomic E-state index is 2.29. The molecule has 0 radical (unpaired) electrons. The van der Waals surface area contributed by atoms with Crippen molar-refractivity contribution in [3.8, 4) is 0 Å². The zero-order chi connectivity index (χ0) is 13.4. The third-order valence-electron chi connectivity index (χ3n) is 3.38. The first-order valence-corrected chi connectivity index (χ1v) is 8.23. The second-order valence-electron chi connectivity index (χ2n) is 4.70. The van der Waals surface area contributed by atoms with Crippen LogP contribution in [0.2, 0.25) is 0 Å². The van der Waals surface area contributed by atoms with Gasteiger partial charge in [0.25, 0.3) is 0 Å². The predicted molar refractivity (Wildman–Crippen MR) is 92.6 cm³/mol. The van der Waals surface area contributed by atoms with Crippen molar-refractivity contribution in [3.63, 3.8) is 0 Å². The quantitative estimate of drug-likeness (QED) is 0.407. The molecule has 0 aliphatic rings. The zero-order valence-electron chi connectivity index (χ0n) is 10.7. The van der Waals surface area contributed by atoms with E-state index in [9.17, 15) is 0 Å². The van der Waals surface area contributed by atoms with Gasteiger partial charge in [0.2, 0.25) is 0 Å². The average molecular weight is 292 g/mol. The van der Waals surface area contributed by atoms with Crippen LogP contribution in [0.3, 0.4) is 0 Å². The van der Waals surface area contributed by atoms with Crippen LogP contribution in [0.5, 0.6) is 0 Å². The van der Waals surface area contributed by atoms with E-state index in [0.29, 0.717) is 0 Å². The lowest BCUT2D eigenvalue weighted by atomic mass is 10.1. The molecule has 4 aromatic rings. The van der Waals surface area contributed by atoms with Crippen LogP contribution in [0.15, 0.2) is 60.0 Å². The summed E-state index contributed by atoms with van der Waals surface area (Å²) in [5, 5.41) is 4.83. The summed E-state index contributed by atoms with van der Waals surface area (Å²) in [7, 11) is 0. The monoisotopic (exact) mass is 292 g/mol. The summed E-state index contributed by atoms with van der Waals surface area (Å²) in [5.74, 6) is 0. The molecule has 0 saturated heterocycles. The predicted octanol–water partition coefficient (Wildman–Crippen LogP) is 6.29.